The highest BCUT2D eigenvalue weighted by Gasteiger charge is 2.48. The predicted octanol–water partition coefficient (Wildman–Crippen LogP) is 2.40. The summed E-state index contributed by atoms with van der Waals surface area (Å²) < 4.78 is 5.48. The van der Waals surface area contributed by atoms with Crippen LogP contribution in [0.2, 0.25) is 0 Å². The number of rotatable bonds is 6. The van der Waals surface area contributed by atoms with Crippen molar-refractivity contribution in [2.75, 3.05) is 13.2 Å². The number of nitrogens with two attached hydrogens (primary N) is 1. The molecule has 1 saturated carbocycles. The molecule has 1 aromatic carbocycles. The van der Waals surface area contributed by atoms with E-state index in [1.807, 2.05) is 24.3 Å². The molecule has 17 heavy (non-hydrogen) atoms. The zero-order chi connectivity index (χ0) is 12.3. The molecule has 0 aliphatic heterocycles. The van der Waals surface area contributed by atoms with Crippen molar-refractivity contribution in [2.24, 2.45) is 11.1 Å². The summed E-state index contributed by atoms with van der Waals surface area (Å²) in [5.74, 6) is 1.00. The molecule has 3 nitrogen and oxygen atoms in total. The lowest BCUT2D eigenvalue weighted by molar-refractivity contribution is 0.0905. The van der Waals surface area contributed by atoms with E-state index in [0.29, 0.717) is 13.2 Å². The minimum atomic E-state index is -0.258. The molecule has 0 unspecified atom stereocenters. The van der Waals surface area contributed by atoms with Crippen LogP contribution in [0.1, 0.15) is 36.5 Å². The standard InChI is InChI=1S/C14H19NO2/c1-2-9-17-12-5-3-11(4-6-12)13(16)14(10-15)7-8-14/h3-6H,2,7-10,15H2,1H3. The highest BCUT2D eigenvalue weighted by atomic mass is 16.5. The molecule has 3 heteroatoms. The maximum absolute atomic E-state index is 12.2. The van der Waals surface area contributed by atoms with Crippen LogP contribution in [0.5, 0.6) is 5.75 Å². The van der Waals surface area contributed by atoms with E-state index in [9.17, 15) is 4.79 Å². The van der Waals surface area contributed by atoms with Gasteiger partial charge in [-0.25, -0.2) is 0 Å². The lowest BCUT2D eigenvalue weighted by atomic mass is 9.95. The second kappa shape index (κ2) is 4.88. The van der Waals surface area contributed by atoms with Crippen LogP contribution in [0.15, 0.2) is 24.3 Å². The summed E-state index contributed by atoms with van der Waals surface area (Å²) >= 11 is 0. The van der Waals surface area contributed by atoms with Gasteiger partial charge in [-0.15, -0.1) is 0 Å². The second-order valence-corrected chi connectivity index (χ2v) is 4.69. The Labute approximate surface area is 102 Å². The van der Waals surface area contributed by atoms with E-state index in [1.165, 1.54) is 0 Å². The molecule has 0 amide bonds. The Balaban J connectivity index is 2.05. The molecule has 1 aliphatic rings. The van der Waals surface area contributed by atoms with Crippen molar-refractivity contribution >= 4 is 5.78 Å². The molecule has 0 bridgehead atoms. The number of hydrogen-bond donors (Lipinski definition) is 1. The van der Waals surface area contributed by atoms with Crippen molar-refractivity contribution in [1.29, 1.82) is 0 Å². The third-order valence-corrected chi connectivity index (χ3v) is 3.32. The SMILES string of the molecule is CCCOc1ccc(C(=O)C2(CN)CC2)cc1. The number of ketones is 1. The molecule has 0 radical (unpaired) electrons. The van der Waals surface area contributed by atoms with E-state index in [0.717, 1.165) is 30.6 Å². The van der Waals surface area contributed by atoms with Gasteiger partial charge in [0.25, 0.3) is 0 Å². The Morgan fingerprint density at radius 1 is 1.35 bits per heavy atom. The monoisotopic (exact) mass is 233 g/mol. The first kappa shape index (κ1) is 12.1. The van der Waals surface area contributed by atoms with Gasteiger partial charge in [0.05, 0.1) is 6.61 Å². The fraction of sp³-hybridized carbons (Fsp3) is 0.500. The Kier molecular flexibility index (Phi) is 3.48. The Morgan fingerprint density at radius 2 is 2.00 bits per heavy atom. The molecule has 2 rings (SSSR count). The summed E-state index contributed by atoms with van der Waals surface area (Å²) in [5, 5.41) is 0. The van der Waals surface area contributed by atoms with Gasteiger partial charge in [0.15, 0.2) is 5.78 Å². The van der Waals surface area contributed by atoms with E-state index in [-0.39, 0.29) is 11.2 Å². The van der Waals surface area contributed by atoms with Gasteiger partial charge in [-0.2, -0.15) is 0 Å². The molecular formula is C14H19NO2. The van der Waals surface area contributed by atoms with Crippen molar-refractivity contribution in [2.45, 2.75) is 26.2 Å². The number of carbonyl (C=O) groups is 1. The molecule has 0 spiro atoms. The second-order valence-electron chi connectivity index (χ2n) is 4.69. The molecule has 0 atom stereocenters. The third kappa shape index (κ3) is 2.50. The van der Waals surface area contributed by atoms with Gasteiger partial charge in [-0.3, -0.25) is 4.79 Å². The molecule has 0 aromatic heterocycles. The minimum absolute atomic E-state index is 0.182. The van der Waals surface area contributed by atoms with E-state index in [1.54, 1.807) is 0 Å². The first-order valence-corrected chi connectivity index (χ1v) is 6.19. The Morgan fingerprint density at radius 3 is 2.47 bits per heavy atom. The summed E-state index contributed by atoms with van der Waals surface area (Å²) in [4.78, 5) is 12.2. The van der Waals surface area contributed by atoms with Gasteiger partial charge in [0.2, 0.25) is 0 Å². The van der Waals surface area contributed by atoms with Crippen LogP contribution >= 0.6 is 0 Å². The van der Waals surface area contributed by atoms with Crippen LogP contribution in [0, 0.1) is 5.41 Å². The maximum atomic E-state index is 12.2. The van der Waals surface area contributed by atoms with E-state index >= 15 is 0 Å². The molecule has 92 valence electrons. The molecule has 0 saturated heterocycles. The highest BCUT2D eigenvalue weighted by Crippen LogP contribution is 2.47. The first-order chi connectivity index (χ1) is 8.22. The highest BCUT2D eigenvalue weighted by molar-refractivity contribution is 6.02. The van der Waals surface area contributed by atoms with Gasteiger partial charge in [0.1, 0.15) is 5.75 Å². The van der Waals surface area contributed by atoms with Crippen LogP contribution in [0.3, 0.4) is 0 Å². The Hall–Kier alpha value is -1.35. The summed E-state index contributed by atoms with van der Waals surface area (Å²) in [5.41, 5.74) is 6.15. The van der Waals surface area contributed by atoms with E-state index < -0.39 is 0 Å². The van der Waals surface area contributed by atoms with Crippen LogP contribution in [0.25, 0.3) is 0 Å². The third-order valence-electron chi connectivity index (χ3n) is 3.32. The first-order valence-electron chi connectivity index (χ1n) is 6.19. The summed E-state index contributed by atoms with van der Waals surface area (Å²) in [6.07, 6.45) is 2.84. The number of ether oxygens (including phenoxy) is 1. The number of benzene rings is 1. The molecule has 1 aromatic rings. The summed E-state index contributed by atoms with van der Waals surface area (Å²) in [6, 6.07) is 7.39. The zero-order valence-corrected chi connectivity index (χ0v) is 10.2. The lowest BCUT2D eigenvalue weighted by Crippen LogP contribution is -2.25. The van der Waals surface area contributed by atoms with Gasteiger partial charge in [0, 0.05) is 17.5 Å². The van der Waals surface area contributed by atoms with Crippen LogP contribution in [0.4, 0.5) is 0 Å². The average Bonchev–Trinajstić information content (AvgIpc) is 3.17. The van der Waals surface area contributed by atoms with Crippen molar-refractivity contribution in [3.8, 4) is 5.75 Å². The minimum Gasteiger partial charge on any atom is -0.494 e. The average molecular weight is 233 g/mol. The quantitative estimate of drug-likeness (QED) is 0.768. The fourth-order valence-electron chi connectivity index (χ4n) is 1.90. The fourth-order valence-corrected chi connectivity index (χ4v) is 1.90. The van der Waals surface area contributed by atoms with Crippen LogP contribution < -0.4 is 10.5 Å². The topological polar surface area (TPSA) is 52.3 Å². The van der Waals surface area contributed by atoms with Crippen molar-refractivity contribution in [1.82, 2.24) is 0 Å². The van der Waals surface area contributed by atoms with Gasteiger partial charge < -0.3 is 10.5 Å². The van der Waals surface area contributed by atoms with Crippen LogP contribution in [-0.2, 0) is 0 Å². The molecule has 1 fully saturated rings. The predicted molar refractivity (Wildman–Crippen MR) is 67.3 cm³/mol. The zero-order valence-electron chi connectivity index (χ0n) is 10.2. The van der Waals surface area contributed by atoms with E-state index in [2.05, 4.69) is 6.92 Å². The molecule has 2 N–H and O–H groups in total. The maximum Gasteiger partial charge on any atom is 0.170 e. The molecule has 1 aliphatic carbocycles. The van der Waals surface area contributed by atoms with Gasteiger partial charge in [-0.05, 0) is 43.5 Å². The van der Waals surface area contributed by atoms with Crippen LogP contribution in [-0.4, -0.2) is 18.9 Å². The summed E-state index contributed by atoms with van der Waals surface area (Å²) in [6.45, 7) is 3.23. The number of Topliss-reactive ketones (excluding diaryl/α,β-unsaturated/α-hetero) is 1. The van der Waals surface area contributed by atoms with Gasteiger partial charge in [-0.1, -0.05) is 6.92 Å². The largest absolute Gasteiger partial charge is 0.494 e. The Bertz CT molecular complexity index is 393. The van der Waals surface area contributed by atoms with E-state index in [4.69, 9.17) is 10.5 Å². The molecular weight excluding hydrogens is 214 g/mol. The van der Waals surface area contributed by atoms with Crippen molar-refractivity contribution in [3.63, 3.8) is 0 Å². The van der Waals surface area contributed by atoms with Crippen molar-refractivity contribution in [3.05, 3.63) is 29.8 Å². The summed E-state index contributed by atoms with van der Waals surface area (Å²) in [7, 11) is 0. The van der Waals surface area contributed by atoms with Gasteiger partial charge >= 0.3 is 0 Å². The van der Waals surface area contributed by atoms with Crippen molar-refractivity contribution < 1.29 is 9.53 Å². The molecule has 0 heterocycles. The number of hydrogen-bond acceptors (Lipinski definition) is 3. The number of carbonyl (C=O) groups excluding carboxylic acids is 1. The smallest absolute Gasteiger partial charge is 0.170 e. The lowest BCUT2D eigenvalue weighted by Gasteiger charge is -2.11. The normalized spacial score (nSPS) is 16.6.